The highest BCUT2D eigenvalue weighted by Crippen LogP contribution is 2.51. The van der Waals surface area contributed by atoms with Crippen molar-refractivity contribution >= 4 is 16.6 Å². The fourth-order valence-corrected chi connectivity index (χ4v) is 7.24. The molecule has 1 fully saturated rings. The molecule has 0 N–H and O–H groups in total. The van der Waals surface area contributed by atoms with E-state index in [-0.39, 0.29) is 0 Å². The van der Waals surface area contributed by atoms with Gasteiger partial charge in [-0.1, -0.05) is 43.9 Å². The minimum absolute atomic E-state index is 0.399. The molecule has 2 aromatic carbocycles. The third kappa shape index (κ3) is 2.93. The second-order valence-electron chi connectivity index (χ2n) is 10.3. The Bertz CT molecular complexity index is 1160. The number of likely N-dealkylation sites (N-methyl/N-ethyl adjacent to an activating group) is 1. The van der Waals surface area contributed by atoms with E-state index in [1.165, 1.54) is 85.6 Å². The average molecular weight is 429 g/mol. The van der Waals surface area contributed by atoms with Gasteiger partial charge in [0.1, 0.15) is 5.75 Å². The van der Waals surface area contributed by atoms with Gasteiger partial charge < -0.3 is 14.2 Å². The molecule has 2 heterocycles. The molecule has 1 saturated carbocycles. The smallest absolute Gasteiger partial charge is 0.124 e. The van der Waals surface area contributed by atoms with Gasteiger partial charge in [-0.05, 0) is 55.4 Å². The monoisotopic (exact) mass is 428 g/mol. The summed E-state index contributed by atoms with van der Waals surface area (Å²) in [5.41, 5.74) is 8.87. The van der Waals surface area contributed by atoms with Gasteiger partial charge in [0.2, 0.25) is 0 Å². The van der Waals surface area contributed by atoms with Crippen LogP contribution in [0.1, 0.15) is 85.6 Å². The van der Waals surface area contributed by atoms with Gasteiger partial charge >= 0.3 is 0 Å². The summed E-state index contributed by atoms with van der Waals surface area (Å²) >= 11 is 0. The Balaban J connectivity index is 1.55. The molecule has 0 bridgehead atoms. The van der Waals surface area contributed by atoms with Gasteiger partial charge in [-0.3, -0.25) is 0 Å². The Hall–Kier alpha value is -2.42. The SMILES string of the molecule is COc1cc2c(cc1C1CCCCCc3c1n(C)c1ccccc31)C1CCCCC1N2C. The first-order chi connectivity index (χ1) is 15.7. The van der Waals surface area contributed by atoms with E-state index in [4.69, 9.17) is 4.74 Å². The van der Waals surface area contributed by atoms with E-state index in [9.17, 15) is 0 Å². The van der Waals surface area contributed by atoms with Crippen LogP contribution in [-0.4, -0.2) is 24.8 Å². The Kier molecular flexibility index (Phi) is 4.97. The number of hydrogen-bond acceptors (Lipinski definition) is 2. The number of fused-ring (bicyclic) bond motifs is 6. The number of methoxy groups -OCH3 is 1. The zero-order valence-electron chi connectivity index (χ0n) is 19.9. The molecule has 0 spiro atoms. The first-order valence-corrected chi connectivity index (χ1v) is 12.7. The number of benzene rings is 2. The van der Waals surface area contributed by atoms with Crippen molar-refractivity contribution in [1.29, 1.82) is 0 Å². The van der Waals surface area contributed by atoms with Crippen molar-refractivity contribution in [2.75, 3.05) is 19.1 Å². The molecular weight excluding hydrogens is 392 g/mol. The van der Waals surface area contributed by atoms with E-state index in [1.54, 1.807) is 11.1 Å². The third-order valence-corrected chi connectivity index (χ3v) is 8.77. The number of rotatable bonds is 2. The minimum atomic E-state index is 0.399. The van der Waals surface area contributed by atoms with E-state index in [1.807, 2.05) is 7.11 Å². The van der Waals surface area contributed by atoms with Crippen molar-refractivity contribution in [3.63, 3.8) is 0 Å². The second-order valence-corrected chi connectivity index (χ2v) is 10.3. The largest absolute Gasteiger partial charge is 0.496 e. The van der Waals surface area contributed by atoms with Crippen molar-refractivity contribution in [2.45, 2.75) is 75.7 Å². The second kappa shape index (κ2) is 7.86. The Labute approximate surface area is 192 Å². The summed E-state index contributed by atoms with van der Waals surface area (Å²) in [4.78, 5) is 2.55. The number of nitrogens with zero attached hydrogens (tertiary/aromatic N) is 2. The lowest BCUT2D eigenvalue weighted by atomic mass is 9.79. The standard InChI is InChI=1S/C29H36N2O/c1-30-25-15-9-8-12-20(25)23-17-24(28(32-3)18-27(23)30)22-14-6-4-5-13-21-19-11-7-10-16-26(19)31(2)29(21)22/h7,10-11,16-18,20,22,25H,4-6,8-9,12-15H2,1-3H3. The average Bonchev–Trinajstić information content (AvgIpc) is 3.24. The highest BCUT2D eigenvalue weighted by molar-refractivity contribution is 5.86. The Morgan fingerprint density at radius 2 is 1.69 bits per heavy atom. The normalized spacial score (nSPS) is 25.1. The fourth-order valence-electron chi connectivity index (χ4n) is 7.24. The molecule has 0 amide bonds. The summed E-state index contributed by atoms with van der Waals surface area (Å²) < 4.78 is 8.58. The fraction of sp³-hybridized carbons (Fsp3) is 0.517. The number of aromatic nitrogens is 1. The molecule has 2 aliphatic carbocycles. The summed E-state index contributed by atoms with van der Waals surface area (Å²) in [7, 11) is 6.44. The number of anilines is 1. The van der Waals surface area contributed by atoms with Gasteiger partial charge in [-0.2, -0.15) is 0 Å². The topological polar surface area (TPSA) is 17.4 Å². The van der Waals surface area contributed by atoms with Crippen LogP contribution in [0.4, 0.5) is 5.69 Å². The maximum atomic E-state index is 6.09. The lowest BCUT2D eigenvalue weighted by molar-refractivity contribution is 0.395. The van der Waals surface area contributed by atoms with Crippen LogP contribution < -0.4 is 9.64 Å². The molecular formula is C29H36N2O. The Morgan fingerprint density at radius 3 is 2.56 bits per heavy atom. The van der Waals surface area contributed by atoms with Crippen LogP contribution >= 0.6 is 0 Å². The van der Waals surface area contributed by atoms with Crippen LogP contribution in [0, 0.1) is 0 Å². The van der Waals surface area contributed by atoms with Gasteiger partial charge in [-0.15, -0.1) is 0 Å². The van der Waals surface area contributed by atoms with Gasteiger partial charge in [0.25, 0.3) is 0 Å². The van der Waals surface area contributed by atoms with E-state index >= 15 is 0 Å². The quantitative estimate of drug-likeness (QED) is 0.441. The lowest BCUT2D eigenvalue weighted by Gasteiger charge is -2.30. The van der Waals surface area contributed by atoms with Crippen LogP contribution in [-0.2, 0) is 13.5 Å². The first kappa shape index (κ1) is 20.2. The summed E-state index contributed by atoms with van der Waals surface area (Å²) in [6.45, 7) is 0. The van der Waals surface area contributed by atoms with E-state index in [0.717, 1.165) is 5.75 Å². The predicted molar refractivity (Wildman–Crippen MR) is 133 cm³/mol. The lowest BCUT2D eigenvalue weighted by Crippen LogP contribution is -2.32. The molecule has 3 atom stereocenters. The first-order valence-electron chi connectivity index (χ1n) is 12.7. The zero-order chi connectivity index (χ0) is 21.8. The number of para-hydroxylation sites is 1. The highest BCUT2D eigenvalue weighted by Gasteiger charge is 2.39. The molecule has 3 unspecified atom stereocenters. The molecule has 3 aliphatic rings. The number of aryl methyl sites for hydroxylation is 2. The maximum absolute atomic E-state index is 6.09. The molecule has 0 saturated heterocycles. The molecule has 168 valence electrons. The predicted octanol–water partition coefficient (Wildman–Crippen LogP) is 6.91. The van der Waals surface area contributed by atoms with Gasteiger partial charge in [0.05, 0.1) is 7.11 Å². The molecule has 3 nitrogen and oxygen atoms in total. The Morgan fingerprint density at radius 1 is 0.875 bits per heavy atom. The van der Waals surface area contributed by atoms with Gasteiger partial charge in [-0.25, -0.2) is 0 Å². The molecule has 3 aromatic rings. The van der Waals surface area contributed by atoms with Crippen LogP contribution in [0.5, 0.6) is 5.75 Å². The van der Waals surface area contributed by atoms with Gasteiger partial charge in [0.15, 0.2) is 0 Å². The third-order valence-electron chi connectivity index (χ3n) is 8.77. The highest BCUT2D eigenvalue weighted by atomic mass is 16.5. The van der Waals surface area contributed by atoms with Crippen LogP contribution in [0.15, 0.2) is 36.4 Å². The molecule has 6 rings (SSSR count). The van der Waals surface area contributed by atoms with Crippen LogP contribution in [0.2, 0.25) is 0 Å². The molecule has 3 heteroatoms. The molecule has 1 aromatic heterocycles. The van der Waals surface area contributed by atoms with Crippen molar-refractivity contribution in [1.82, 2.24) is 4.57 Å². The van der Waals surface area contributed by atoms with E-state index in [0.29, 0.717) is 17.9 Å². The van der Waals surface area contributed by atoms with Crippen molar-refractivity contribution < 1.29 is 4.74 Å². The van der Waals surface area contributed by atoms with Crippen molar-refractivity contribution in [3.8, 4) is 5.75 Å². The van der Waals surface area contributed by atoms with Crippen LogP contribution in [0.3, 0.4) is 0 Å². The van der Waals surface area contributed by atoms with Gasteiger partial charge in [0, 0.05) is 65.9 Å². The van der Waals surface area contributed by atoms with Crippen molar-refractivity contribution in [2.24, 2.45) is 7.05 Å². The summed E-state index contributed by atoms with van der Waals surface area (Å²) in [5.74, 6) is 2.17. The minimum Gasteiger partial charge on any atom is -0.496 e. The number of ether oxygens (including phenoxy) is 1. The van der Waals surface area contributed by atoms with Crippen molar-refractivity contribution in [3.05, 3.63) is 58.8 Å². The van der Waals surface area contributed by atoms with E-state index in [2.05, 4.69) is 60.0 Å². The molecule has 32 heavy (non-hydrogen) atoms. The molecule has 0 radical (unpaired) electrons. The van der Waals surface area contributed by atoms with Crippen LogP contribution in [0.25, 0.3) is 10.9 Å². The zero-order valence-corrected chi connectivity index (χ0v) is 19.9. The van der Waals surface area contributed by atoms with E-state index < -0.39 is 0 Å². The maximum Gasteiger partial charge on any atom is 0.124 e. The summed E-state index contributed by atoms with van der Waals surface area (Å²) in [5, 5.41) is 1.45. The number of hydrogen-bond donors (Lipinski definition) is 0. The summed E-state index contributed by atoms with van der Waals surface area (Å²) in [6, 6.07) is 14.6. The molecule has 1 aliphatic heterocycles. The summed E-state index contributed by atoms with van der Waals surface area (Å²) in [6.07, 6.45) is 11.7.